The molecule has 0 bridgehead atoms. The Morgan fingerprint density at radius 3 is 2.64 bits per heavy atom. The Hall–Kier alpha value is -1.26. The van der Waals surface area contributed by atoms with E-state index in [4.69, 9.17) is 11.2 Å². The van der Waals surface area contributed by atoms with Crippen molar-refractivity contribution in [1.82, 2.24) is 0 Å². The van der Waals surface area contributed by atoms with Crippen LogP contribution in [0, 0.1) is 12.3 Å². The Labute approximate surface area is 86.1 Å². The van der Waals surface area contributed by atoms with Gasteiger partial charge in [-0.25, -0.2) is 0 Å². The second-order valence-corrected chi connectivity index (χ2v) is 3.29. The van der Waals surface area contributed by atoms with E-state index in [-0.39, 0.29) is 6.10 Å². The monoisotopic (exact) mass is 188 g/mol. The Morgan fingerprint density at radius 1 is 1.36 bits per heavy atom. The van der Waals surface area contributed by atoms with E-state index in [1.54, 1.807) is 7.11 Å². The molecule has 0 radical (unpaired) electrons. The van der Waals surface area contributed by atoms with Crippen LogP contribution in [0.5, 0.6) is 0 Å². The summed E-state index contributed by atoms with van der Waals surface area (Å²) in [5.74, 6) is 2.63. The number of hydrogen-bond donors (Lipinski definition) is 0. The minimum absolute atomic E-state index is 0.195. The summed E-state index contributed by atoms with van der Waals surface area (Å²) >= 11 is 0. The smallest absolute Gasteiger partial charge is 0.0683 e. The summed E-state index contributed by atoms with van der Waals surface area (Å²) in [6.45, 7) is 0. The molecule has 0 heterocycles. The molecule has 0 aliphatic carbocycles. The molecular weight excluding hydrogens is 172 g/mol. The van der Waals surface area contributed by atoms with Gasteiger partial charge in [0.05, 0.1) is 6.10 Å². The third kappa shape index (κ3) is 3.64. The Morgan fingerprint density at radius 2 is 2.07 bits per heavy atom. The second-order valence-electron chi connectivity index (χ2n) is 3.29. The van der Waals surface area contributed by atoms with Crippen molar-refractivity contribution in [3.05, 3.63) is 35.9 Å². The van der Waals surface area contributed by atoms with Crippen LogP contribution in [-0.4, -0.2) is 13.2 Å². The molecule has 0 aliphatic heterocycles. The fraction of sp³-hybridized carbons (Fsp3) is 0.385. The van der Waals surface area contributed by atoms with Crippen molar-refractivity contribution in [2.75, 3.05) is 7.11 Å². The van der Waals surface area contributed by atoms with E-state index in [1.807, 2.05) is 6.07 Å². The van der Waals surface area contributed by atoms with Gasteiger partial charge in [0.25, 0.3) is 0 Å². The molecule has 1 unspecified atom stereocenters. The number of ether oxygens (including phenoxy) is 1. The van der Waals surface area contributed by atoms with Crippen molar-refractivity contribution < 1.29 is 4.74 Å². The molecule has 14 heavy (non-hydrogen) atoms. The summed E-state index contributed by atoms with van der Waals surface area (Å²) in [5, 5.41) is 0. The molecule has 0 saturated heterocycles. The molecule has 0 aliphatic rings. The van der Waals surface area contributed by atoms with Gasteiger partial charge in [0.1, 0.15) is 0 Å². The zero-order chi connectivity index (χ0) is 10.2. The lowest BCUT2D eigenvalue weighted by atomic mass is 10.1. The van der Waals surface area contributed by atoms with Gasteiger partial charge in [-0.05, 0) is 18.4 Å². The number of terminal acetylenes is 1. The van der Waals surface area contributed by atoms with Crippen LogP contribution in [-0.2, 0) is 11.2 Å². The lowest BCUT2D eigenvalue weighted by Gasteiger charge is -2.11. The average Bonchev–Trinajstić information content (AvgIpc) is 2.25. The van der Waals surface area contributed by atoms with E-state index >= 15 is 0 Å². The average molecular weight is 188 g/mol. The van der Waals surface area contributed by atoms with Crippen LogP contribution in [0.4, 0.5) is 0 Å². The topological polar surface area (TPSA) is 9.23 Å². The summed E-state index contributed by atoms with van der Waals surface area (Å²) in [6, 6.07) is 10.4. The van der Waals surface area contributed by atoms with Crippen LogP contribution < -0.4 is 0 Å². The van der Waals surface area contributed by atoms with Gasteiger partial charge in [-0.2, -0.15) is 0 Å². The third-order valence-electron chi connectivity index (χ3n) is 2.28. The standard InChI is InChI=1S/C13H16O/c1-3-7-13(14-2)11-10-12-8-5-4-6-9-12/h1,4-6,8-9,13H,7,10-11H2,2H3. The molecule has 0 fully saturated rings. The molecule has 1 aromatic carbocycles. The fourth-order valence-electron chi connectivity index (χ4n) is 1.41. The lowest BCUT2D eigenvalue weighted by molar-refractivity contribution is 0.0998. The number of benzene rings is 1. The predicted molar refractivity (Wildman–Crippen MR) is 59.0 cm³/mol. The second kappa shape index (κ2) is 6.23. The van der Waals surface area contributed by atoms with Gasteiger partial charge in [0.2, 0.25) is 0 Å². The van der Waals surface area contributed by atoms with Crippen molar-refractivity contribution >= 4 is 0 Å². The first-order chi connectivity index (χ1) is 6.86. The zero-order valence-electron chi connectivity index (χ0n) is 8.57. The van der Waals surface area contributed by atoms with Crippen LogP contribution in [0.1, 0.15) is 18.4 Å². The number of hydrogen-bond acceptors (Lipinski definition) is 1. The molecule has 0 amide bonds. The molecule has 0 spiro atoms. The Kier molecular flexibility index (Phi) is 4.82. The first-order valence-corrected chi connectivity index (χ1v) is 4.87. The van der Waals surface area contributed by atoms with Gasteiger partial charge in [-0.1, -0.05) is 30.3 Å². The summed E-state index contributed by atoms with van der Waals surface area (Å²) in [6.07, 6.45) is 8.16. The molecule has 74 valence electrons. The predicted octanol–water partition coefficient (Wildman–Crippen LogP) is 2.66. The van der Waals surface area contributed by atoms with E-state index in [2.05, 4.69) is 30.2 Å². The molecule has 0 aromatic heterocycles. The first kappa shape index (κ1) is 10.8. The molecular formula is C13H16O. The molecule has 1 rings (SSSR count). The number of methoxy groups -OCH3 is 1. The van der Waals surface area contributed by atoms with Crippen LogP contribution >= 0.6 is 0 Å². The zero-order valence-corrected chi connectivity index (χ0v) is 8.57. The van der Waals surface area contributed by atoms with Crippen molar-refractivity contribution in [2.24, 2.45) is 0 Å². The van der Waals surface area contributed by atoms with Crippen LogP contribution in [0.25, 0.3) is 0 Å². The maximum Gasteiger partial charge on any atom is 0.0683 e. The summed E-state index contributed by atoms with van der Waals surface area (Å²) in [5.41, 5.74) is 1.34. The highest BCUT2D eigenvalue weighted by atomic mass is 16.5. The molecule has 0 saturated carbocycles. The van der Waals surface area contributed by atoms with Gasteiger partial charge >= 0.3 is 0 Å². The molecule has 1 atom stereocenters. The molecule has 1 heteroatoms. The summed E-state index contributed by atoms with van der Waals surface area (Å²) < 4.78 is 5.27. The largest absolute Gasteiger partial charge is 0.380 e. The maximum absolute atomic E-state index is 5.27. The van der Waals surface area contributed by atoms with Crippen molar-refractivity contribution in [2.45, 2.75) is 25.4 Å². The quantitative estimate of drug-likeness (QED) is 0.645. The normalized spacial score (nSPS) is 12.0. The van der Waals surface area contributed by atoms with Crippen LogP contribution in [0.3, 0.4) is 0 Å². The number of rotatable bonds is 5. The van der Waals surface area contributed by atoms with E-state index in [1.165, 1.54) is 5.56 Å². The Bertz CT molecular complexity index is 284. The van der Waals surface area contributed by atoms with Crippen LogP contribution in [0.15, 0.2) is 30.3 Å². The third-order valence-corrected chi connectivity index (χ3v) is 2.28. The van der Waals surface area contributed by atoms with Crippen LogP contribution in [0.2, 0.25) is 0 Å². The summed E-state index contributed by atoms with van der Waals surface area (Å²) in [4.78, 5) is 0. The van der Waals surface area contributed by atoms with Gasteiger partial charge < -0.3 is 4.74 Å². The minimum Gasteiger partial charge on any atom is -0.380 e. The van der Waals surface area contributed by atoms with Gasteiger partial charge in [-0.3, -0.25) is 0 Å². The fourth-order valence-corrected chi connectivity index (χ4v) is 1.41. The van der Waals surface area contributed by atoms with Gasteiger partial charge in [-0.15, -0.1) is 12.3 Å². The van der Waals surface area contributed by atoms with Crippen molar-refractivity contribution in [1.29, 1.82) is 0 Å². The van der Waals surface area contributed by atoms with E-state index < -0.39 is 0 Å². The van der Waals surface area contributed by atoms with Crippen molar-refractivity contribution in [3.63, 3.8) is 0 Å². The Balaban J connectivity index is 2.36. The van der Waals surface area contributed by atoms with E-state index in [0.29, 0.717) is 6.42 Å². The summed E-state index contributed by atoms with van der Waals surface area (Å²) in [7, 11) is 1.72. The minimum atomic E-state index is 0.195. The maximum atomic E-state index is 5.27. The van der Waals surface area contributed by atoms with Gasteiger partial charge in [0, 0.05) is 13.5 Å². The van der Waals surface area contributed by atoms with E-state index in [9.17, 15) is 0 Å². The van der Waals surface area contributed by atoms with E-state index in [0.717, 1.165) is 12.8 Å². The van der Waals surface area contributed by atoms with Gasteiger partial charge in [0.15, 0.2) is 0 Å². The molecule has 0 N–H and O–H groups in total. The molecule has 1 nitrogen and oxygen atoms in total. The lowest BCUT2D eigenvalue weighted by Crippen LogP contribution is -2.10. The highest BCUT2D eigenvalue weighted by Crippen LogP contribution is 2.08. The number of aryl methyl sites for hydroxylation is 1. The highest BCUT2D eigenvalue weighted by Gasteiger charge is 2.04. The SMILES string of the molecule is C#CCC(CCc1ccccc1)OC. The molecule has 1 aromatic rings. The first-order valence-electron chi connectivity index (χ1n) is 4.87. The van der Waals surface area contributed by atoms with Crippen molar-refractivity contribution in [3.8, 4) is 12.3 Å². The highest BCUT2D eigenvalue weighted by molar-refractivity contribution is 5.14.